The van der Waals surface area contributed by atoms with E-state index in [4.69, 9.17) is 0 Å². The summed E-state index contributed by atoms with van der Waals surface area (Å²) in [6.45, 7) is 2.25. The van der Waals surface area contributed by atoms with Gasteiger partial charge in [0.25, 0.3) is 6.43 Å². The largest absolute Gasteiger partial charge is 0.446 e. The fourth-order valence-electron chi connectivity index (χ4n) is 2.34. The van der Waals surface area contributed by atoms with E-state index in [9.17, 15) is 22.0 Å². The van der Waals surface area contributed by atoms with Gasteiger partial charge in [-0.1, -0.05) is 12.1 Å². The average molecular weight is 326 g/mol. The lowest BCUT2D eigenvalue weighted by Crippen LogP contribution is -2.46. The third kappa shape index (κ3) is 4.82. The minimum absolute atomic E-state index is 0.000392. The van der Waals surface area contributed by atoms with E-state index in [0.717, 1.165) is 0 Å². The zero-order valence-corrected chi connectivity index (χ0v) is 11.9. The molecule has 0 aliphatic carbocycles. The summed E-state index contributed by atoms with van der Waals surface area (Å²) in [6, 6.07) is 4.12. The van der Waals surface area contributed by atoms with E-state index >= 15 is 0 Å². The van der Waals surface area contributed by atoms with Crippen LogP contribution in [0, 0.1) is 0 Å². The second-order valence-electron chi connectivity index (χ2n) is 4.68. The second kappa shape index (κ2) is 6.93. The molecule has 1 atom stereocenters. The van der Waals surface area contributed by atoms with Crippen LogP contribution in [0.2, 0.25) is 0 Å². The topological polar surface area (TPSA) is 15.3 Å². The smallest absolute Gasteiger partial charge is 0.314 e. The van der Waals surface area contributed by atoms with E-state index in [1.165, 1.54) is 24.3 Å². The number of hydrogen-bond donors (Lipinski definition) is 1. The quantitative estimate of drug-likeness (QED) is 0.673. The maximum absolute atomic E-state index is 13.3. The molecule has 1 aromatic carbocycles. The minimum atomic E-state index is -4.37. The number of hydrogen-bond acceptors (Lipinski definition) is 3. The van der Waals surface area contributed by atoms with Crippen LogP contribution in [0.5, 0.6) is 0 Å². The molecule has 1 aliphatic heterocycles. The van der Waals surface area contributed by atoms with Gasteiger partial charge in [0.15, 0.2) is 0 Å². The van der Waals surface area contributed by atoms with E-state index < -0.39 is 18.0 Å². The summed E-state index contributed by atoms with van der Waals surface area (Å²) in [5.74, 6) is 0. The van der Waals surface area contributed by atoms with Crippen LogP contribution in [0.25, 0.3) is 0 Å². The van der Waals surface area contributed by atoms with Crippen LogP contribution in [0.4, 0.5) is 22.0 Å². The Morgan fingerprint density at radius 3 is 2.10 bits per heavy atom. The van der Waals surface area contributed by atoms with Crippen LogP contribution in [-0.2, 0) is 0 Å². The van der Waals surface area contributed by atoms with Gasteiger partial charge in [-0.25, -0.2) is 8.78 Å². The predicted molar refractivity (Wildman–Crippen MR) is 71.5 cm³/mol. The van der Waals surface area contributed by atoms with Crippen LogP contribution in [-0.4, -0.2) is 43.0 Å². The maximum atomic E-state index is 13.3. The Bertz CT molecular complexity index is 443. The molecule has 8 heteroatoms. The molecule has 0 radical (unpaired) electrons. The van der Waals surface area contributed by atoms with E-state index in [0.29, 0.717) is 31.7 Å². The van der Waals surface area contributed by atoms with Crippen molar-refractivity contribution >= 4 is 11.8 Å². The number of halogens is 5. The maximum Gasteiger partial charge on any atom is 0.446 e. The Morgan fingerprint density at radius 1 is 1.05 bits per heavy atom. The number of nitrogens with one attached hydrogen (secondary N) is 1. The summed E-state index contributed by atoms with van der Waals surface area (Å²) >= 11 is -0.246. The van der Waals surface area contributed by atoms with Crippen molar-refractivity contribution < 1.29 is 22.0 Å². The Morgan fingerprint density at radius 2 is 1.62 bits per heavy atom. The third-order valence-corrected chi connectivity index (χ3v) is 3.98. The first kappa shape index (κ1) is 16.5. The Kier molecular flexibility index (Phi) is 5.45. The Labute approximate surface area is 123 Å². The zero-order chi connectivity index (χ0) is 15.5. The summed E-state index contributed by atoms with van der Waals surface area (Å²) in [4.78, 5) is 1.66. The molecule has 0 amide bonds. The number of piperazine rings is 1. The highest BCUT2D eigenvalue weighted by molar-refractivity contribution is 8.00. The van der Waals surface area contributed by atoms with Crippen molar-refractivity contribution in [2.24, 2.45) is 0 Å². The highest BCUT2D eigenvalue weighted by atomic mass is 32.2. The van der Waals surface area contributed by atoms with E-state index in [-0.39, 0.29) is 16.7 Å². The Balaban J connectivity index is 2.13. The van der Waals surface area contributed by atoms with Gasteiger partial charge in [-0.05, 0) is 29.5 Å². The molecule has 2 nitrogen and oxygen atoms in total. The predicted octanol–water partition coefficient (Wildman–Crippen LogP) is 3.51. The molecule has 118 valence electrons. The number of alkyl halides is 5. The van der Waals surface area contributed by atoms with E-state index in [1.54, 1.807) is 4.90 Å². The van der Waals surface area contributed by atoms with Gasteiger partial charge < -0.3 is 5.32 Å². The molecule has 1 aliphatic rings. The number of thioether (sulfide) groups is 1. The van der Waals surface area contributed by atoms with Gasteiger partial charge in [-0.3, -0.25) is 4.90 Å². The first-order valence-electron chi connectivity index (χ1n) is 6.45. The van der Waals surface area contributed by atoms with Crippen molar-refractivity contribution in [2.45, 2.75) is 22.9 Å². The van der Waals surface area contributed by atoms with Crippen LogP contribution >= 0.6 is 11.8 Å². The zero-order valence-electron chi connectivity index (χ0n) is 11.0. The summed E-state index contributed by atoms with van der Waals surface area (Å²) < 4.78 is 63.3. The second-order valence-corrected chi connectivity index (χ2v) is 5.82. The van der Waals surface area contributed by atoms with Crippen LogP contribution in [0.3, 0.4) is 0 Å². The van der Waals surface area contributed by atoms with Crippen LogP contribution in [0.15, 0.2) is 29.2 Å². The van der Waals surface area contributed by atoms with Crippen molar-refractivity contribution in [1.29, 1.82) is 0 Å². The molecule has 0 bridgehead atoms. The van der Waals surface area contributed by atoms with Gasteiger partial charge in [-0.2, -0.15) is 13.2 Å². The number of rotatable bonds is 4. The molecule has 1 saturated heterocycles. The van der Waals surface area contributed by atoms with Crippen LogP contribution in [0.1, 0.15) is 11.6 Å². The van der Waals surface area contributed by atoms with Gasteiger partial charge >= 0.3 is 5.51 Å². The minimum Gasteiger partial charge on any atom is -0.314 e. The molecule has 0 saturated carbocycles. The molecule has 1 heterocycles. The molecule has 2 rings (SSSR count). The molecule has 0 aromatic heterocycles. The fraction of sp³-hybridized carbons (Fsp3) is 0.538. The molecular weight excluding hydrogens is 311 g/mol. The summed E-state index contributed by atoms with van der Waals surface area (Å²) in [5.41, 5.74) is -4.03. The third-order valence-electron chi connectivity index (χ3n) is 3.24. The first-order chi connectivity index (χ1) is 9.87. The highest BCUT2D eigenvalue weighted by Crippen LogP contribution is 2.37. The number of nitrogens with zero attached hydrogens (tertiary/aromatic N) is 1. The molecule has 21 heavy (non-hydrogen) atoms. The molecule has 0 unspecified atom stereocenters. The molecule has 1 N–H and O–H groups in total. The SMILES string of the molecule is FC(F)[C@H](c1ccc(SC(F)(F)F)cc1)N1CCNCC1. The Hall–Kier alpha value is -0.860. The average Bonchev–Trinajstić information content (AvgIpc) is 2.40. The van der Waals surface area contributed by atoms with Crippen LogP contribution < -0.4 is 5.32 Å². The van der Waals surface area contributed by atoms with Gasteiger partial charge in [0.2, 0.25) is 0 Å². The highest BCUT2D eigenvalue weighted by Gasteiger charge is 2.31. The van der Waals surface area contributed by atoms with Crippen molar-refractivity contribution in [3.8, 4) is 0 Å². The molecule has 0 spiro atoms. The van der Waals surface area contributed by atoms with Gasteiger partial charge in [0, 0.05) is 31.1 Å². The summed E-state index contributed by atoms with van der Waals surface area (Å²) in [7, 11) is 0. The van der Waals surface area contributed by atoms with Gasteiger partial charge in [-0.15, -0.1) is 0 Å². The standard InChI is InChI=1S/C13H15F5N2S/c14-12(15)11(20-7-5-19-6-8-20)9-1-3-10(4-2-9)21-13(16,17)18/h1-4,11-12,19H,5-8H2/t11-/m0/s1. The van der Waals surface area contributed by atoms with E-state index in [1.807, 2.05) is 0 Å². The lowest BCUT2D eigenvalue weighted by molar-refractivity contribution is -0.0328. The number of benzene rings is 1. The lowest BCUT2D eigenvalue weighted by Gasteiger charge is -2.34. The summed E-state index contributed by atoms with van der Waals surface area (Å²) in [5, 5.41) is 3.08. The van der Waals surface area contributed by atoms with Crippen molar-refractivity contribution in [1.82, 2.24) is 10.2 Å². The van der Waals surface area contributed by atoms with E-state index in [2.05, 4.69) is 5.32 Å². The van der Waals surface area contributed by atoms with Gasteiger partial charge in [0.1, 0.15) is 0 Å². The monoisotopic (exact) mass is 326 g/mol. The molecule has 1 fully saturated rings. The van der Waals surface area contributed by atoms with Crippen molar-refractivity contribution in [3.63, 3.8) is 0 Å². The first-order valence-corrected chi connectivity index (χ1v) is 7.27. The molecular formula is C13H15F5N2S. The van der Waals surface area contributed by atoms with Gasteiger partial charge in [0.05, 0.1) is 6.04 Å². The normalized spacial score (nSPS) is 19.0. The van der Waals surface area contributed by atoms with Crippen molar-refractivity contribution in [2.75, 3.05) is 26.2 Å². The summed E-state index contributed by atoms with van der Waals surface area (Å²) in [6.07, 6.45) is -2.58. The fourth-order valence-corrected chi connectivity index (χ4v) is 2.88. The molecule has 1 aromatic rings. The van der Waals surface area contributed by atoms with Crippen molar-refractivity contribution in [3.05, 3.63) is 29.8 Å². The lowest BCUT2D eigenvalue weighted by atomic mass is 10.1.